The molecule has 1 unspecified atom stereocenters. The van der Waals surface area contributed by atoms with Crippen LogP contribution in [0.1, 0.15) is 6.42 Å². The van der Waals surface area contributed by atoms with Gasteiger partial charge >= 0.3 is 6.09 Å². The highest BCUT2D eigenvalue weighted by Gasteiger charge is 2.24. The normalized spacial score (nSPS) is 16.0. The second kappa shape index (κ2) is 9.03. The third-order valence-electron chi connectivity index (χ3n) is 5.34. The first kappa shape index (κ1) is 21.3. The van der Waals surface area contributed by atoms with Crippen molar-refractivity contribution in [3.05, 3.63) is 66.2 Å². The number of likely N-dealkylation sites (N-methyl/N-ethyl adjacent to an activating group) is 1. The lowest BCUT2D eigenvalue weighted by Crippen LogP contribution is -2.31. The van der Waals surface area contributed by atoms with E-state index in [1.807, 2.05) is 24.3 Å². The van der Waals surface area contributed by atoms with Gasteiger partial charge in [-0.2, -0.15) is 0 Å². The minimum Gasteiger partial charge on any atom is -0.399 e. The van der Waals surface area contributed by atoms with E-state index in [1.165, 1.54) is 12.1 Å². The van der Waals surface area contributed by atoms with Crippen LogP contribution in [0.3, 0.4) is 0 Å². The van der Waals surface area contributed by atoms with Crippen molar-refractivity contribution < 1.29 is 18.3 Å². The number of halogens is 2. The summed E-state index contributed by atoms with van der Waals surface area (Å²) in [5, 5.41) is 3.02. The highest BCUT2D eigenvalue weighted by atomic mass is 32.1. The minimum atomic E-state index is -0.659. The maximum atomic E-state index is 13.9. The molecule has 31 heavy (non-hydrogen) atoms. The fourth-order valence-electron chi connectivity index (χ4n) is 3.60. The molecule has 1 atom stereocenters. The molecule has 2 heterocycles. The van der Waals surface area contributed by atoms with Crippen molar-refractivity contribution in [1.82, 2.24) is 4.90 Å². The topological polar surface area (TPSA) is 44.8 Å². The Morgan fingerprint density at radius 1 is 1.13 bits per heavy atom. The van der Waals surface area contributed by atoms with Crippen molar-refractivity contribution >= 4 is 28.8 Å². The Kier molecular flexibility index (Phi) is 6.20. The van der Waals surface area contributed by atoms with Crippen LogP contribution in [0.2, 0.25) is 0 Å². The van der Waals surface area contributed by atoms with Crippen molar-refractivity contribution in [2.24, 2.45) is 0 Å². The first-order valence-electron chi connectivity index (χ1n) is 9.94. The number of nitrogens with one attached hydrogen (secondary N) is 1. The van der Waals surface area contributed by atoms with Gasteiger partial charge in [-0.3, -0.25) is 5.32 Å². The predicted octanol–water partition coefficient (Wildman–Crippen LogP) is 5.44. The van der Waals surface area contributed by atoms with Gasteiger partial charge in [0.1, 0.15) is 11.6 Å². The maximum Gasteiger partial charge on any atom is 0.417 e. The number of hydrogen-bond acceptors (Lipinski definition) is 5. The average Bonchev–Trinajstić information content (AvgIpc) is 3.39. The Bertz CT molecular complexity index is 1070. The molecule has 162 valence electrons. The summed E-state index contributed by atoms with van der Waals surface area (Å²) < 4.78 is 32.3. The van der Waals surface area contributed by atoms with Crippen LogP contribution in [-0.4, -0.2) is 44.2 Å². The lowest BCUT2D eigenvalue weighted by atomic mass is 10.2. The molecule has 1 fully saturated rings. The number of anilines is 2. The van der Waals surface area contributed by atoms with Crippen molar-refractivity contribution in [3.63, 3.8) is 0 Å². The van der Waals surface area contributed by atoms with Gasteiger partial charge in [0, 0.05) is 47.0 Å². The number of benzene rings is 2. The molecule has 1 N–H and O–H groups in total. The quantitative estimate of drug-likeness (QED) is 0.570. The summed E-state index contributed by atoms with van der Waals surface area (Å²) >= 11 is 1.11. The van der Waals surface area contributed by atoms with Crippen LogP contribution in [0.25, 0.3) is 10.4 Å². The Morgan fingerprint density at radius 3 is 2.58 bits per heavy atom. The summed E-state index contributed by atoms with van der Waals surface area (Å²) in [6, 6.07) is 14.8. The largest absolute Gasteiger partial charge is 0.417 e. The molecule has 0 aliphatic carbocycles. The lowest BCUT2D eigenvalue weighted by Gasteiger charge is -2.22. The number of nitrogens with zero attached hydrogens (tertiary/aromatic N) is 2. The molecule has 4 rings (SSSR count). The molecule has 1 amide bonds. The van der Waals surface area contributed by atoms with E-state index < -0.39 is 17.7 Å². The van der Waals surface area contributed by atoms with Crippen LogP contribution in [0, 0.1) is 11.6 Å². The number of amides is 1. The van der Waals surface area contributed by atoms with E-state index in [-0.39, 0.29) is 5.56 Å². The summed E-state index contributed by atoms with van der Waals surface area (Å²) in [6.45, 7) is 1.99. The molecule has 5 nitrogen and oxygen atoms in total. The Morgan fingerprint density at radius 2 is 1.90 bits per heavy atom. The van der Waals surface area contributed by atoms with Crippen molar-refractivity contribution in [2.75, 3.05) is 37.4 Å². The molecule has 3 aromatic rings. The van der Waals surface area contributed by atoms with Gasteiger partial charge in [-0.05, 0) is 69.0 Å². The van der Waals surface area contributed by atoms with Crippen LogP contribution >= 0.6 is 11.3 Å². The van der Waals surface area contributed by atoms with Gasteiger partial charge in [-0.25, -0.2) is 13.6 Å². The second-order valence-corrected chi connectivity index (χ2v) is 8.70. The van der Waals surface area contributed by atoms with E-state index in [0.717, 1.165) is 42.6 Å². The van der Waals surface area contributed by atoms with E-state index in [0.29, 0.717) is 21.7 Å². The maximum absolute atomic E-state index is 13.9. The molecular weight excluding hydrogens is 420 g/mol. The predicted molar refractivity (Wildman–Crippen MR) is 120 cm³/mol. The first-order valence-corrected chi connectivity index (χ1v) is 10.8. The SMILES string of the molecule is CN(C)C1CCN(c2ccc(NC(=O)Oc3ccc(-c4ccc(F)cc4F)s3)cc2)C1. The van der Waals surface area contributed by atoms with Crippen LogP contribution in [0.4, 0.5) is 25.0 Å². The molecule has 0 spiro atoms. The van der Waals surface area contributed by atoms with Crippen LogP contribution < -0.4 is 15.0 Å². The Labute approximate surface area is 183 Å². The molecule has 1 aromatic heterocycles. The van der Waals surface area contributed by atoms with Gasteiger partial charge in [0.2, 0.25) is 0 Å². The van der Waals surface area contributed by atoms with Gasteiger partial charge in [0.05, 0.1) is 0 Å². The highest BCUT2D eigenvalue weighted by molar-refractivity contribution is 7.17. The van der Waals surface area contributed by atoms with Gasteiger partial charge in [-0.15, -0.1) is 0 Å². The Hall–Kier alpha value is -2.97. The second-order valence-electron chi connectivity index (χ2n) is 7.66. The Balaban J connectivity index is 1.35. The fraction of sp³-hybridized carbons (Fsp3) is 0.261. The van der Waals surface area contributed by atoms with E-state index in [1.54, 1.807) is 12.1 Å². The molecule has 0 bridgehead atoms. The van der Waals surface area contributed by atoms with Crippen LogP contribution in [0.15, 0.2) is 54.6 Å². The molecule has 0 radical (unpaired) electrons. The van der Waals surface area contributed by atoms with Crippen LogP contribution in [-0.2, 0) is 0 Å². The van der Waals surface area contributed by atoms with E-state index in [4.69, 9.17) is 4.74 Å². The zero-order valence-corrected chi connectivity index (χ0v) is 18.1. The monoisotopic (exact) mass is 443 g/mol. The standard InChI is InChI=1S/C23H23F2N3O2S/c1-27(2)18-11-12-28(14-18)17-6-4-16(5-7-17)26-23(29)30-22-10-9-21(31-22)19-8-3-15(24)13-20(19)25/h3-10,13,18H,11-12,14H2,1-2H3,(H,26,29). The molecular formula is C23H23F2N3O2S. The number of thiophene rings is 1. The van der Waals surface area contributed by atoms with Gasteiger partial charge in [0.25, 0.3) is 0 Å². The molecule has 1 saturated heterocycles. The van der Waals surface area contributed by atoms with Crippen molar-refractivity contribution in [1.29, 1.82) is 0 Å². The fourth-order valence-corrected chi connectivity index (χ4v) is 4.48. The summed E-state index contributed by atoms with van der Waals surface area (Å²) in [6.07, 6.45) is 0.499. The summed E-state index contributed by atoms with van der Waals surface area (Å²) in [5.74, 6) is -1.30. The summed E-state index contributed by atoms with van der Waals surface area (Å²) in [7, 11) is 4.19. The van der Waals surface area contributed by atoms with E-state index >= 15 is 0 Å². The number of rotatable bonds is 5. The molecule has 8 heteroatoms. The van der Waals surface area contributed by atoms with E-state index in [2.05, 4.69) is 29.2 Å². The van der Waals surface area contributed by atoms with Gasteiger partial charge < -0.3 is 14.5 Å². The zero-order valence-electron chi connectivity index (χ0n) is 17.3. The molecule has 0 saturated carbocycles. The third-order valence-corrected chi connectivity index (χ3v) is 6.34. The first-order chi connectivity index (χ1) is 14.9. The lowest BCUT2D eigenvalue weighted by molar-refractivity contribution is 0.216. The number of carbonyl (C=O) groups excluding carboxylic acids is 1. The van der Waals surface area contributed by atoms with Gasteiger partial charge in [0.15, 0.2) is 5.06 Å². The van der Waals surface area contributed by atoms with Crippen molar-refractivity contribution in [2.45, 2.75) is 12.5 Å². The summed E-state index contributed by atoms with van der Waals surface area (Å²) in [4.78, 5) is 17.3. The average molecular weight is 444 g/mol. The minimum absolute atomic E-state index is 0.260. The number of carbonyl (C=O) groups is 1. The zero-order chi connectivity index (χ0) is 22.0. The van der Waals surface area contributed by atoms with E-state index in [9.17, 15) is 13.6 Å². The number of ether oxygens (including phenoxy) is 1. The summed E-state index contributed by atoms with van der Waals surface area (Å²) in [5.41, 5.74) is 2.00. The highest BCUT2D eigenvalue weighted by Crippen LogP contribution is 2.34. The number of hydrogen-bond donors (Lipinski definition) is 1. The smallest absolute Gasteiger partial charge is 0.399 e. The third kappa shape index (κ3) is 5.03. The molecule has 1 aliphatic heterocycles. The molecule has 2 aromatic carbocycles. The van der Waals surface area contributed by atoms with Crippen LogP contribution in [0.5, 0.6) is 5.06 Å². The van der Waals surface area contributed by atoms with Gasteiger partial charge in [-0.1, -0.05) is 11.3 Å². The van der Waals surface area contributed by atoms with Crippen molar-refractivity contribution in [3.8, 4) is 15.5 Å². The molecule has 1 aliphatic rings.